The Labute approximate surface area is 127 Å². The minimum Gasteiger partial charge on any atom is -0.263 e. The highest BCUT2D eigenvalue weighted by atomic mass is 32.2. The van der Waals surface area contributed by atoms with Crippen molar-refractivity contribution in [1.82, 2.24) is 4.31 Å². The number of nitrogens with zero attached hydrogens (tertiary/aromatic N) is 2. The topological polar surface area (TPSA) is 40.4 Å². The van der Waals surface area contributed by atoms with E-state index in [1.165, 1.54) is 10.5 Å². The van der Waals surface area contributed by atoms with Crippen molar-refractivity contribution in [3.63, 3.8) is 0 Å². The summed E-state index contributed by atoms with van der Waals surface area (Å²) in [7, 11) is -1.94. The van der Waals surface area contributed by atoms with E-state index in [-0.39, 0.29) is 0 Å². The Morgan fingerprint density at radius 1 is 1.19 bits per heavy atom. The van der Waals surface area contributed by atoms with Crippen LogP contribution < -0.4 is 0 Å². The molecule has 21 heavy (non-hydrogen) atoms. The molecule has 5 heteroatoms. The van der Waals surface area contributed by atoms with E-state index in [1.54, 1.807) is 31.3 Å². The van der Waals surface area contributed by atoms with Gasteiger partial charge in [0.2, 0.25) is 0 Å². The Kier molecular flexibility index (Phi) is 4.55. The van der Waals surface area contributed by atoms with Gasteiger partial charge in [-0.1, -0.05) is 17.7 Å². The molecule has 2 rings (SSSR count). The SMILES string of the molecule is Cc1ccc(S(=O)(=O)N(C)C=C=[N+]2[C@H](C)CC[C@H]2C)cc1. The van der Waals surface area contributed by atoms with E-state index < -0.39 is 10.0 Å². The van der Waals surface area contributed by atoms with Crippen molar-refractivity contribution in [3.05, 3.63) is 36.0 Å². The normalized spacial score (nSPS) is 22.0. The maximum atomic E-state index is 12.4. The smallest absolute Gasteiger partial charge is 0.263 e. The lowest BCUT2D eigenvalue weighted by Gasteiger charge is -2.13. The highest BCUT2D eigenvalue weighted by Crippen LogP contribution is 2.18. The largest absolute Gasteiger partial charge is 0.264 e. The summed E-state index contributed by atoms with van der Waals surface area (Å²) < 4.78 is 28.2. The van der Waals surface area contributed by atoms with Crippen LogP contribution in [-0.2, 0) is 10.0 Å². The lowest BCUT2D eigenvalue weighted by molar-refractivity contribution is -0.565. The predicted molar refractivity (Wildman–Crippen MR) is 84.1 cm³/mol. The third-order valence-electron chi connectivity index (χ3n) is 4.04. The molecule has 114 valence electrons. The van der Waals surface area contributed by atoms with E-state index in [1.807, 2.05) is 6.92 Å². The fraction of sp³-hybridized carbons (Fsp3) is 0.500. The summed E-state index contributed by atoms with van der Waals surface area (Å²) in [6.07, 6.45) is 3.76. The maximum absolute atomic E-state index is 12.4. The summed E-state index contributed by atoms with van der Waals surface area (Å²) in [5.41, 5.74) is 1.04. The number of rotatable bonds is 3. The first kappa shape index (κ1) is 15.8. The summed E-state index contributed by atoms with van der Waals surface area (Å²) in [6, 6.07) is 7.70. The minimum atomic E-state index is -3.49. The van der Waals surface area contributed by atoms with Crippen LogP contribution in [0.15, 0.2) is 35.4 Å². The lowest BCUT2D eigenvalue weighted by Crippen LogP contribution is -2.25. The quantitative estimate of drug-likeness (QED) is 0.805. The van der Waals surface area contributed by atoms with Gasteiger partial charge in [-0.25, -0.2) is 8.42 Å². The zero-order valence-corrected chi connectivity index (χ0v) is 13.9. The molecule has 0 amide bonds. The first-order valence-electron chi connectivity index (χ1n) is 7.25. The van der Waals surface area contributed by atoms with Crippen LogP contribution in [0.3, 0.4) is 0 Å². The monoisotopic (exact) mass is 307 g/mol. The molecule has 0 bridgehead atoms. The molecule has 0 unspecified atom stereocenters. The third kappa shape index (κ3) is 3.36. The van der Waals surface area contributed by atoms with Crippen LogP contribution >= 0.6 is 0 Å². The van der Waals surface area contributed by atoms with Crippen LogP contribution in [0.4, 0.5) is 0 Å². The fourth-order valence-corrected chi connectivity index (χ4v) is 3.54. The Morgan fingerprint density at radius 2 is 1.71 bits per heavy atom. The molecule has 2 atom stereocenters. The first-order valence-corrected chi connectivity index (χ1v) is 8.69. The van der Waals surface area contributed by atoms with E-state index in [0.29, 0.717) is 17.0 Å². The highest BCUT2D eigenvalue weighted by molar-refractivity contribution is 7.89. The molecular weight excluding hydrogens is 284 g/mol. The molecule has 1 saturated heterocycles. The second-order valence-corrected chi connectivity index (χ2v) is 7.77. The van der Waals surface area contributed by atoms with Crippen molar-refractivity contribution in [2.75, 3.05) is 7.05 Å². The van der Waals surface area contributed by atoms with Gasteiger partial charge in [-0.05, 0) is 32.9 Å². The Hall–Kier alpha value is -1.58. The summed E-state index contributed by atoms with van der Waals surface area (Å²) in [5.74, 6) is 3.12. The molecule has 0 aromatic heterocycles. The Balaban J connectivity index is 2.29. The zero-order valence-electron chi connectivity index (χ0n) is 13.1. The second-order valence-electron chi connectivity index (χ2n) is 5.78. The predicted octanol–water partition coefficient (Wildman–Crippen LogP) is 2.38. The molecular formula is C16H23N2O2S+. The van der Waals surface area contributed by atoms with Gasteiger partial charge in [-0.2, -0.15) is 4.58 Å². The van der Waals surface area contributed by atoms with E-state index in [0.717, 1.165) is 18.4 Å². The van der Waals surface area contributed by atoms with Crippen molar-refractivity contribution in [1.29, 1.82) is 0 Å². The molecule has 0 aliphatic carbocycles. The first-order chi connectivity index (χ1) is 9.82. The average molecular weight is 307 g/mol. The van der Waals surface area contributed by atoms with Gasteiger partial charge in [-0.15, -0.1) is 0 Å². The van der Waals surface area contributed by atoms with Crippen LogP contribution in [-0.4, -0.2) is 42.3 Å². The van der Waals surface area contributed by atoms with Gasteiger partial charge < -0.3 is 0 Å². The molecule has 1 aromatic carbocycles. The van der Waals surface area contributed by atoms with Crippen LogP contribution in [0, 0.1) is 6.92 Å². The van der Waals surface area contributed by atoms with Crippen LogP contribution in [0.2, 0.25) is 0 Å². The summed E-state index contributed by atoms with van der Waals surface area (Å²) >= 11 is 0. The van der Waals surface area contributed by atoms with Gasteiger partial charge in [0.25, 0.3) is 10.0 Å². The van der Waals surface area contributed by atoms with E-state index >= 15 is 0 Å². The van der Waals surface area contributed by atoms with Gasteiger partial charge in [0.15, 0.2) is 18.0 Å². The molecule has 0 N–H and O–H groups in total. The van der Waals surface area contributed by atoms with Crippen molar-refractivity contribution >= 4 is 15.9 Å². The molecule has 1 aliphatic heterocycles. The van der Waals surface area contributed by atoms with E-state index in [2.05, 4.69) is 24.3 Å². The number of sulfonamides is 1. The maximum Gasteiger partial charge on any atom is 0.264 e. The number of benzene rings is 1. The second kappa shape index (κ2) is 6.04. The molecule has 0 saturated carbocycles. The number of hydrogen-bond acceptors (Lipinski definition) is 2. The molecule has 1 aromatic rings. The van der Waals surface area contributed by atoms with Gasteiger partial charge in [-0.3, -0.25) is 4.31 Å². The van der Waals surface area contributed by atoms with Crippen LogP contribution in [0.1, 0.15) is 32.3 Å². The summed E-state index contributed by atoms with van der Waals surface area (Å²) in [5, 5.41) is 0. The minimum absolute atomic E-state index is 0.302. The van der Waals surface area contributed by atoms with Crippen molar-refractivity contribution in [2.45, 2.75) is 50.6 Å². The fourth-order valence-electron chi connectivity index (χ4n) is 2.54. The van der Waals surface area contributed by atoms with Gasteiger partial charge in [0, 0.05) is 19.9 Å². The Bertz CT molecular complexity index is 659. The molecule has 1 aliphatic rings. The summed E-state index contributed by atoms with van der Waals surface area (Å²) in [6.45, 7) is 6.21. The van der Waals surface area contributed by atoms with Crippen LogP contribution in [0.5, 0.6) is 0 Å². The lowest BCUT2D eigenvalue weighted by atomic mass is 10.2. The molecule has 1 heterocycles. The van der Waals surface area contributed by atoms with Crippen molar-refractivity contribution < 1.29 is 13.0 Å². The van der Waals surface area contributed by atoms with Gasteiger partial charge >= 0.3 is 0 Å². The van der Waals surface area contributed by atoms with E-state index in [9.17, 15) is 8.42 Å². The van der Waals surface area contributed by atoms with Gasteiger partial charge in [0.1, 0.15) is 6.20 Å². The zero-order chi connectivity index (χ0) is 15.6. The van der Waals surface area contributed by atoms with Crippen molar-refractivity contribution in [3.8, 4) is 0 Å². The van der Waals surface area contributed by atoms with Gasteiger partial charge in [0.05, 0.1) is 4.90 Å². The molecule has 0 radical (unpaired) electrons. The molecule has 0 spiro atoms. The molecule has 1 fully saturated rings. The number of aryl methyl sites for hydroxylation is 1. The van der Waals surface area contributed by atoms with E-state index in [4.69, 9.17) is 0 Å². The average Bonchev–Trinajstić information content (AvgIpc) is 2.76. The standard InChI is InChI=1S/C16H23N2O2S/c1-13-5-9-16(10-6-13)21(19,20)17(4)11-12-18-14(2)7-8-15(18)3/h5-6,9-11,14-15H,7-8H2,1-4H3/q+1/t14-,15-/m1/s1. The third-order valence-corrected chi connectivity index (χ3v) is 5.77. The Morgan fingerprint density at radius 3 is 2.24 bits per heavy atom. The highest BCUT2D eigenvalue weighted by Gasteiger charge is 2.30. The van der Waals surface area contributed by atoms with Crippen LogP contribution in [0.25, 0.3) is 0 Å². The number of hydrogen-bond donors (Lipinski definition) is 0. The molecule has 4 nitrogen and oxygen atoms in total. The van der Waals surface area contributed by atoms with Crippen molar-refractivity contribution in [2.24, 2.45) is 0 Å². The summed E-state index contributed by atoms with van der Waals surface area (Å²) in [4.78, 5) is 0.302.